The van der Waals surface area contributed by atoms with Gasteiger partial charge < -0.3 is 19.9 Å². The van der Waals surface area contributed by atoms with Crippen LogP contribution in [0.15, 0.2) is 18.2 Å². The van der Waals surface area contributed by atoms with Gasteiger partial charge in [0.1, 0.15) is 5.82 Å². The number of urea groups is 1. The number of benzene rings is 1. The highest BCUT2D eigenvalue weighted by Gasteiger charge is 2.50. The lowest BCUT2D eigenvalue weighted by molar-refractivity contribution is 0.0282. The van der Waals surface area contributed by atoms with Crippen molar-refractivity contribution in [3.8, 4) is 0 Å². The van der Waals surface area contributed by atoms with Gasteiger partial charge in [0.15, 0.2) is 0 Å². The Kier molecular flexibility index (Phi) is 6.21. The van der Waals surface area contributed by atoms with Gasteiger partial charge in [0.05, 0.1) is 6.61 Å². The third kappa shape index (κ3) is 4.04. The summed E-state index contributed by atoms with van der Waals surface area (Å²) >= 11 is 0. The maximum absolute atomic E-state index is 14.3. The molecule has 3 saturated heterocycles. The zero-order valence-corrected chi connectivity index (χ0v) is 20.6. The van der Waals surface area contributed by atoms with E-state index in [9.17, 15) is 14.0 Å². The fraction of sp³-hybridized carbons (Fsp3) is 0.692. The second-order valence-electron chi connectivity index (χ2n) is 10.8. The summed E-state index contributed by atoms with van der Waals surface area (Å²) in [6.07, 6.45) is 5.77. The molecule has 4 aliphatic heterocycles. The zero-order chi connectivity index (χ0) is 24.0. The normalized spacial score (nSPS) is 27.9. The predicted molar refractivity (Wildman–Crippen MR) is 131 cm³/mol. The molecule has 0 aliphatic carbocycles. The molecule has 1 aromatic rings. The SMILES string of the molecule is CCOC(=O)N1C2CCC1CC(N1CCC3(CC1)CN(C(=O)NC(C)C)c1ccc(F)cc13)C2.[HH]. The van der Waals surface area contributed by atoms with Crippen LogP contribution in [0.25, 0.3) is 0 Å². The Bertz CT molecular complexity index is 939. The number of fused-ring (bicyclic) bond motifs is 4. The summed E-state index contributed by atoms with van der Waals surface area (Å²) in [5.41, 5.74) is 1.62. The lowest BCUT2D eigenvalue weighted by Crippen LogP contribution is -2.56. The monoisotopic (exact) mass is 474 g/mol. The van der Waals surface area contributed by atoms with Crippen molar-refractivity contribution in [2.24, 2.45) is 0 Å². The van der Waals surface area contributed by atoms with Crippen molar-refractivity contribution in [3.63, 3.8) is 0 Å². The van der Waals surface area contributed by atoms with Gasteiger partial charge in [-0.15, -0.1) is 0 Å². The molecule has 4 aliphatic rings. The molecule has 3 amide bonds. The molecule has 0 radical (unpaired) electrons. The molecule has 5 rings (SSSR count). The number of nitrogens with zero attached hydrogens (tertiary/aromatic N) is 3. The average molecular weight is 475 g/mol. The Morgan fingerprint density at radius 3 is 2.47 bits per heavy atom. The molecule has 7 nitrogen and oxygen atoms in total. The highest BCUT2D eigenvalue weighted by atomic mass is 19.1. The van der Waals surface area contributed by atoms with Gasteiger partial charge in [-0.25, -0.2) is 14.0 Å². The van der Waals surface area contributed by atoms with E-state index in [1.807, 2.05) is 30.6 Å². The van der Waals surface area contributed by atoms with Crippen LogP contribution in [-0.2, 0) is 10.2 Å². The molecular formula is C26H39FN4O3. The van der Waals surface area contributed by atoms with Crippen LogP contribution in [0.2, 0.25) is 0 Å². The maximum Gasteiger partial charge on any atom is 0.410 e. The second kappa shape index (κ2) is 9.02. The molecule has 8 heteroatoms. The largest absolute Gasteiger partial charge is 0.450 e. The van der Waals surface area contributed by atoms with Gasteiger partial charge in [-0.05, 0) is 96.1 Å². The molecule has 188 valence electrons. The molecule has 3 fully saturated rings. The van der Waals surface area contributed by atoms with Crippen LogP contribution < -0.4 is 10.2 Å². The Morgan fingerprint density at radius 2 is 1.85 bits per heavy atom. The quantitative estimate of drug-likeness (QED) is 0.701. The van der Waals surface area contributed by atoms with Crippen molar-refractivity contribution in [2.75, 3.05) is 31.1 Å². The van der Waals surface area contributed by atoms with Crippen molar-refractivity contribution >= 4 is 17.8 Å². The first-order valence-corrected chi connectivity index (χ1v) is 12.9. The number of likely N-dealkylation sites (tertiary alicyclic amines) is 1. The van der Waals surface area contributed by atoms with Crippen LogP contribution in [0.5, 0.6) is 0 Å². The first-order valence-electron chi connectivity index (χ1n) is 12.9. The highest BCUT2D eigenvalue weighted by Crippen LogP contribution is 2.48. The number of hydrogen-bond donors (Lipinski definition) is 1. The summed E-state index contributed by atoms with van der Waals surface area (Å²) in [5.74, 6) is -0.241. The van der Waals surface area contributed by atoms with Gasteiger partial charge in [0, 0.05) is 43.2 Å². The minimum Gasteiger partial charge on any atom is -0.450 e. The van der Waals surface area contributed by atoms with E-state index in [4.69, 9.17) is 4.74 Å². The molecule has 2 unspecified atom stereocenters. The molecule has 0 saturated carbocycles. The van der Waals surface area contributed by atoms with E-state index in [0.29, 0.717) is 19.2 Å². The molecular weight excluding hydrogens is 435 g/mol. The van der Waals surface area contributed by atoms with Crippen LogP contribution >= 0.6 is 0 Å². The minimum atomic E-state index is -0.241. The summed E-state index contributed by atoms with van der Waals surface area (Å²) in [4.78, 5) is 31.7. The van der Waals surface area contributed by atoms with E-state index < -0.39 is 0 Å². The van der Waals surface area contributed by atoms with Gasteiger partial charge in [0.25, 0.3) is 0 Å². The number of nitrogens with one attached hydrogen (secondary N) is 1. The van der Waals surface area contributed by atoms with Gasteiger partial charge in [-0.3, -0.25) is 4.90 Å². The molecule has 1 spiro atoms. The van der Waals surface area contributed by atoms with Crippen LogP contribution in [0.1, 0.15) is 66.3 Å². The predicted octanol–water partition coefficient (Wildman–Crippen LogP) is 4.50. The van der Waals surface area contributed by atoms with E-state index in [1.54, 1.807) is 12.1 Å². The van der Waals surface area contributed by atoms with E-state index in [1.165, 1.54) is 6.07 Å². The number of anilines is 1. The molecule has 1 aromatic carbocycles. The first-order chi connectivity index (χ1) is 16.3. The third-order valence-electron chi connectivity index (χ3n) is 8.40. The van der Waals surface area contributed by atoms with Crippen LogP contribution in [0.3, 0.4) is 0 Å². The lowest BCUT2D eigenvalue weighted by atomic mass is 9.73. The molecule has 34 heavy (non-hydrogen) atoms. The van der Waals surface area contributed by atoms with E-state index in [-0.39, 0.29) is 42.9 Å². The standard InChI is InChI=1S/C26H37FN4O3.H2/c1-4-34-25(33)31-19-6-7-20(31)15-21(14-19)29-11-9-26(10-12-29)16-30(24(32)28-17(2)3)23-8-5-18(27)13-22(23)26;/h5,8,13,17,19-21H,4,6-7,9-12,14-16H2,1-3H3,(H,28,32);1H. The molecule has 4 heterocycles. The fourth-order valence-electron chi connectivity index (χ4n) is 6.83. The first kappa shape index (κ1) is 23.4. The maximum atomic E-state index is 14.3. The number of carbonyl (C=O) groups is 2. The van der Waals surface area contributed by atoms with Crippen molar-refractivity contribution in [1.29, 1.82) is 0 Å². The summed E-state index contributed by atoms with van der Waals surface area (Å²) in [5, 5.41) is 3.00. The van der Waals surface area contributed by atoms with Gasteiger partial charge >= 0.3 is 12.1 Å². The number of ether oxygens (including phenoxy) is 1. The number of rotatable bonds is 3. The smallest absolute Gasteiger partial charge is 0.410 e. The van der Waals surface area contributed by atoms with Crippen molar-refractivity contribution in [1.82, 2.24) is 15.1 Å². The van der Waals surface area contributed by atoms with E-state index in [2.05, 4.69) is 10.2 Å². The van der Waals surface area contributed by atoms with E-state index >= 15 is 0 Å². The number of piperidine rings is 2. The summed E-state index contributed by atoms with van der Waals surface area (Å²) in [6, 6.07) is 5.81. The third-order valence-corrected chi connectivity index (χ3v) is 8.40. The minimum absolute atomic E-state index is 0. The summed E-state index contributed by atoms with van der Waals surface area (Å²) < 4.78 is 19.6. The highest BCUT2D eigenvalue weighted by molar-refractivity contribution is 5.95. The van der Waals surface area contributed by atoms with Crippen molar-refractivity contribution in [3.05, 3.63) is 29.6 Å². The van der Waals surface area contributed by atoms with Gasteiger partial charge in [0.2, 0.25) is 0 Å². The number of halogens is 1. The second-order valence-corrected chi connectivity index (χ2v) is 10.8. The Labute approximate surface area is 203 Å². The Hall–Kier alpha value is -2.35. The summed E-state index contributed by atoms with van der Waals surface area (Å²) in [7, 11) is 0. The lowest BCUT2D eigenvalue weighted by Gasteiger charge is -2.47. The average Bonchev–Trinajstić information content (AvgIpc) is 3.25. The summed E-state index contributed by atoms with van der Waals surface area (Å²) in [6.45, 7) is 8.64. The molecule has 2 bridgehead atoms. The van der Waals surface area contributed by atoms with Gasteiger partial charge in [-0.2, -0.15) is 0 Å². The van der Waals surface area contributed by atoms with E-state index in [0.717, 1.165) is 62.9 Å². The zero-order valence-electron chi connectivity index (χ0n) is 20.6. The van der Waals surface area contributed by atoms with Crippen molar-refractivity contribution < 1.29 is 20.1 Å². The fourth-order valence-corrected chi connectivity index (χ4v) is 6.83. The van der Waals surface area contributed by atoms with Crippen LogP contribution in [0.4, 0.5) is 19.7 Å². The topological polar surface area (TPSA) is 65.1 Å². The Balaban J connectivity index is 0.00000289. The molecule has 0 aromatic heterocycles. The number of amides is 3. The number of hydrogen-bond acceptors (Lipinski definition) is 4. The Morgan fingerprint density at radius 1 is 1.18 bits per heavy atom. The molecule has 2 atom stereocenters. The van der Waals surface area contributed by atoms with Crippen LogP contribution in [0, 0.1) is 5.82 Å². The van der Waals surface area contributed by atoms with Crippen LogP contribution in [-0.4, -0.2) is 72.3 Å². The number of carbonyl (C=O) groups excluding carboxylic acids is 2. The van der Waals surface area contributed by atoms with Crippen molar-refractivity contribution in [2.45, 2.75) is 88.9 Å². The molecule has 1 N–H and O–H groups in total. The van der Waals surface area contributed by atoms with Gasteiger partial charge in [-0.1, -0.05) is 0 Å².